The summed E-state index contributed by atoms with van der Waals surface area (Å²) in [6.07, 6.45) is 0.412. The van der Waals surface area contributed by atoms with Gasteiger partial charge in [-0.1, -0.05) is 5.16 Å². The van der Waals surface area contributed by atoms with E-state index in [1.807, 2.05) is 6.07 Å². The molecule has 9 heteroatoms. The van der Waals surface area contributed by atoms with Gasteiger partial charge in [0.05, 0.1) is 0 Å². The fourth-order valence-electron chi connectivity index (χ4n) is 1.88. The van der Waals surface area contributed by atoms with Gasteiger partial charge in [-0.05, 0) is 6.92 Å². The number of nitriles is 1. The maximum atomic E-state index is 11.9. The van der Waals surface area contributed by atoms with Crippen molar-refractivity contribution in [3.63, 3.8) is 0 Å². The van der Waals surface area contributed by atoms with E-state index in [0.717, 1.165) is 4.57 Å². The van der Waals surface area contributed by atoms with Gasteiger partial charge in [-0.2, -0.15) is 10.2 Å². The molecule has 9 nitrogen and oxygen atoms in total. The Bertz CT molecular complexity index is 823. The first-order valence-electron chi connectivity index (χ1n) is 6.19. The Balaban J connectivity index is 2.26. The molecular weight excluding hydrogens is 276 g/mol. The molecule has 0 fully saturated rings. The highest BCUT2D eigenvalue weighted by molar-refractivity contribution is 5.51. The molecule has 2 heterocycles. The SMILES string of the molecule is Cc1noc(CCNc2c(C#N)c(=O)n(C)c(=O)n2C)n1. The van der Waals surface area contributed by atoms with Crippen molar-refractivity contribution < 1.29 is 4.52 Å². The predicted octanol–water partition coefficient (Wildman–Crippen LogP) is -0.698. The van der Waals surface area contributed by atoms with Crippen LogP contribution in [0.1, 0.15) is 17.3 Å². The van der Waals surface area contributed by atoms with Crippen molar-refractivity contribution in [1.82, 2.24) is 19.3 Å². The monoisotopic (exact) mass is 290 g/mol. The minimum atomic E-state index is -0.628. The van der Waals surface area contributed by atoms with Crippen molar-refractivity contribution in [2.45, 2.75) is 13.3 Å². The van der Waals surface area contributed by atoms with Crippen LogP contribution in [-0.2, 0) is 20.5 Å². The van der Waals surface area contributed by atoms with Crippen molar-refractivity contribution in [2.24, 2.45) is 14.1 Å². The summed E-state index contributed by atoms with van der Waals surface area (Å²) in [5.41, 5.74) is -1.24. The molecule has 0 radical (unpaired) electrons. The highest BCUT2D eigenvalue weighted by Crippen LogP contribution is 2.07. The van der Waals surface area contributed by atoms with Crippen molar-refractivity contribution in [2.75, 3.05) is 11.9 Å². The van der Waals surface area contributed by atoms with Gasteiger partial charge < -0.3 is 9.84 Å². The molecule has 0 spiro atoms. The number of nitrogens with one attached hydrogen (secondary N) is 1. The lowest BCUT2D eigenvalue weighted by molar-refractivity contribution is 0.377. The Morgan fingerprint density at radius 3 is 2.62 bits per heavy atom. The molecule has 0 aliphatic heterocycles. The lowest BCUT2D eigenvalue weighted by Crippen LogP contribution is -2.40. The minimum absolute atomic E-state index is 0.110. The maximum absolute atomic E-state index is 11.9. The first kappa shape index (κ1) is 14.5. The largest absolute Gasteiger partial charge is 0.370 e. The van der Waals surface area contributed by atoms with Crippen LogP contribution in [0, 0.1) is 18.3 Å². The molecule has 0 bridgehead atoms. The number of hydrogen-bond acceptors (Lipinski definition) is 7. The second-order valence-electron chi connectivity index (χ2n) is 4.45. The average Bonchev–Trinajstić information content (AvgIpc) is 2.88. The van der Waals surface area contributed by atoms with Gasteiger partial charge in [0.2, 0.25) is 5.89 Å². The Hall–Kier alpha value is -2.89. The fourth-order valence-corrected chi connectivity index (χ4v) is 1.88. The van der Waals surface area contributed by atoms with Crippen molar-refractivity contribution in [1.29, 1.82) is 5.26 Å². The van der Waals surface area contributed by atoms with E-state index < -0.39 is 11.2 Å². The van der Waals surface area contributed by atoms with Crippen LogP contribution in [0.25, 0.3) is 0 Å². The van der Waals surface area contributed by atoms with Crippen LogP contribution in [0.3, 0.4) is 0 Å². The van der Waals surface area contributed by atoms with Crippen molar-refractivity contribution in [3.05, 3.63) is 38.1 Å². The molecular formula is C12H14N6O3. The van der Waals surface area contributed by atoms with E-state index >= 15 is 0 Å². The van der Waals surface area contributed by atoms with Crippen molar-refractivity contribution >= 4 is 5.82 Å². The number of rotatable bonds is 4. The fraction of sp³-hybridized carbons (Fsp3) is 0.417. The molecule has 2 rings (SSSR count). The minimum Gasteiger partial charge on any atom is -0.370 e. The highest BCUT2D eigenvalue weighted by Gasteiger charge is 2.15. The van der Waals surface area contributed by atoms with Crippen LogP contribution in [0.4, 0.5) is 5.82 Å². The molecule has 0 saturated carbocycles. The Morgan fingerprint density at radius 2 is 2.05 bits per heavy atom. The van der Waals surface area contributed by atoms with Gasteiger partial charge in [-0.15, -0.1) is 0 Å². The first-order valence-corrected chi connectivity index (χ1v) is 6.19. The van der Waals surface area contributed by atoms with E-state index in [4.69, 9.17) is 9.78 Å². The van der Waals surface area contributed by atoms with Gasteiger partial charge in [0.1, 0.15) is 11.9 Å². The molecule has 0 amide bonds. The lowest BCUT2D eigenvalue weighted by Gasteiger charge is -2.12. The number of aromatic nitrogens is 4. The van der Waals surface area contributed by atoms with Crippen LogP contribution in [-0.4, -0.2) is 25.8 Å². The summed E-state index contributed by atoms with van der Waals surface area (Å²) in [7, 11) is 2.82. The second-order valence-corrected chi connectivity index (χ2v) is 4.45. The Morgan fingerprint density at radius 1 is 1.33 bits per heavy atom. The first-order chi connectivity index (χ1) is 9.95. The smallest absolute Gasteiger partial charge is 0.332 e. The summed E-state index contributed by atoms with van der Waals surface area (Å²) in [6.45, 7) is 2.05. The maximum Gasteiger partial charge on any atom is 0.332 e. The summed E-state index contributed by atoms with van der Waals surface area (Å²) in [6, 6.07) is 1.82. The van der Waals surface area contributed by atoms with Gasteiger partial charge >= 0.3 is 5.69 Å². The highest BCUT2D eigenvalue weighted by atomic mass is 16.5. The normalized spacial score (nSPS) is 10.4. The van der Waals surface area contributed by atoms with E-state index in [-0.39, 0.29) is 11.4 Å². The van der Waals surface area contributed by atoms with Crippen LogP contribution >= 0.6 is 0 Å². The van der Waals surface area contributed by atoms with E-state index in [1.54, 1.807) is 6.92 Å². The molecule has 0 aliphatic carbocycles. The van der Waals surface area contributed by atoms with Crippen LogP contribution in [0.15, 0.2) is 14.1 Å². The number of anilines is 1. The Labute approximate surface area is 119 Å². The van der Waals surface area contributed by atoms with Crippen LogP contribution in [0.2, 0.25) is 0 Å². The molecule has 0 unspecified atom stereocenters. The average molecular weight is 290 g/mol. The quantitative estimate of drug-likeness (QED) is 0.790. The lowest BCUT2D eigenvalue weighted by atomic mass is 10.3. The molecule has 1 N–H and O–H groups in total. The number of hydrogen-bond donors (Lipinski definition) is 1. The Kier molecular flexibility index (Phi) is 3.89. The molecule has 2 aromatic rings. The summed E-state index contributed by atoms with van der Waals surface area (Å²) >= 11 is 0. The van der Waals surface area contributed by atoms with E-state index in [0.29, 0.717) is 24.7 Å². The molecule has 0 aliphatic rings. The predicted molar refractivity (Wildman–Crippen MR) is 72.9 cm³/mol. The topological polar surface area (TPSA) is 119 Å². The molecule has 0 aromatic carbocycles. The van der Waals surface area contributed by atoms with Gasteiger partial charge in [-0.3, -0.25) is 13.9 Å². The van der Waals surface area contributed by atoms with Gasteiger partial charge in [0, 0.05) is 27.1 Å². The zero-order chi connectivity index (χ0) is 15.6. The number of nitrogens with zero attached hydrogens (tertiary/aromatic N) is 5. The molecule has 0 saturated heterocycles. The zero-order valence-electron chi connectivity index (χ0n) is 11.9. The van der Waals surface area contributed by atoms with Crippen LogP contribution in [0.5, 0.6) is 0 Å². The summed E-state index contributed by atoms with van der Waals surface area (Å²) in [5.74, 6) is 1.15. The van der Waals surface area contributed by atoms with E-state index in [9.17, 15) is 9.59 Å². The van der Waals surface area contributed by atoms with Crippen LogP contribution < -0.4 is 16.6 Å². The summed E-state index contributed by atoms with van der Waals surface area (Å²) < 4.78 is 7.07. The third kappa shape index (κ3) is 2.69. The van der Waals surface area contributed by atoms with Gasteiger partial charge in [0.15, 0.2) is 11.4 Å². The number of aryl methyl sites for hydroxylation is 1. The van der Waals surface area contributed by atoms with Gasteiger partial charge in [0.25, 0.3) is 5.56 Å². The molecule has 110 valence electrons. The van der Waals surface area contributed by atoms with E-state index in [1.165, 1.54) is 18.7 Å². The molecule has 2 aromatic heterocycles. The zero-order valence-corrected chi connectivity index (χ0v) is 11.9. The molecule has 0 atom stereocenters. The second kappa shape index (κ2) is 5.62. The van der Waals surface area contributed by atoms with Gasteiger partial charge in [-0.25, -0.2) is 4.79 Å². The third-order valence-corrected chi connectivity index (χ3v) is 2.98. The van der Waals surface area contributed by atoms with Crippen molar-refractivity contribution in [3.8, 4) is 6.07 Å². The summed E-state index contributed by atoms with van der Waals surface area (Å²) in [4.78, 5) is 27.8. The molecule has 21 heavy (non-hydrogen) atoms. The standard InChI is InChI=1S/C12H14N6O3/c1-7-15-9(21-16-7)4-5-14-10-8(6-13)11(19)18(3)12(20)17(10)2/h14H,4-5H2,1-3H3. The summed E-state index contributed by atoms with van der Waals surface area (Å²) in [5, 5.41) is 15.7. The van der Waals surface area contributed by atoms with E-state index in [2.05, 4.69) is 15.5 Å². The third-order valence-electron chi connectivity index (χ3n) is 2.98.